The van der Waals surface area contributed by atoms with Crippen LogP contribution in [0.1, 0.15) is 16.2 Å². The molecule has 0 N–H and O–H groups in total. The number of esters is 1. The smallest absolute Gasteiger partial charge is 0.358 e. The number of aromatic nitrogens is 2. The second kappa shape index (κ2) is 3.14. The van der Waals surface area contributed by atoms with E-state index in [-0.39, 0.29) is 0 Å². The molecule has 0 aromatic carbocycles. The lowest BCUT2D eigenvalue weighted by molar-refractivity contribution is 0.0595. The Labute approximate surface area is 81.1 Å². The molecule has 0 aliphatic heterocycles. The molecule has 0 radical (unpaired) electrons. The van der Waals surface area contributed by atoms with E-state index in [2.05, 4.69) is 9.72 Å². The highest BCUT2D eigenvalue weighted by Gasteiger charge is 2.10. The van der Waals surface area contributed by atoms with Crippen molar-refractivity contribution < 1.29 is 9.53 Å². The van der Waals surface area contributed by atoms with Gasteiger partial charge in [0.25, 0.3) is 0 Å². The molecule has 0 spiro atoms. The highest BCUT2D eigenvalue weighted by Crippen LogP contribution is 2.08. The molecule has 0 aliphatic carbocycles. The van der Waals surface area contributed by atoms with Crippen LogP contribution in [0.25, 0.3) is 5.65 Å². The van der Waals surface area contributed by atoms with Crippen LogP contribution >= 0.6 is 0 Å². The maximum atomic E-state index is 11.2. The molecule has 2 rings (SSSR count). The van der Waals surface area contributed by atoms with Crippen LogP contribution in [0.3, 0.4) is 0 Å². The van der Waals surface area contributed by atoms with Gasteiger partial charge in [0.05, 0.1) is 7.11 Å². The summed E-state index contributed by atoms with van der Waals surface area (Å²) < 4.78 is 6.44. The number of carbonyl (C=O) groups excluding carboxylic acids is 1. The van der Waals surface area contributed by atoms with Crippen molar-refractivity contribution in [3.05, 3.63) is 35.8 Å². The summed E-state index contributed by atoms with van der Waals surface area (Å²) in [4.78, 5) is 15.3. The molecule has 0 saturated carbocycles. The van der Waals surface area contributed by atoms with Crippen molar-refractivity contribution in [2.75, 3.05) is 7.11 Å². The third-order valence-corrected chi connectivity index (χ3v) is 2.09. The van der Waals surface area contributed by atoms with Gasteiger partial charge in [0.1, 0.15) is 5.65 Å². The molecule has 4 nitrogen and oxygen atoms in total. The Balaban J connectivity index is 2.62. The summed E-state index contributed by atoms with van der Waals surface area (Å²) in [5.41, 5.74) is 2.12. The zero-order valence-corrected chi connectivity index (χ0v) is 8.02. The molecular formula is C10H10N2O2. The minimum atomic E-state index is -0.409. The predicted octanol–water partition coefficient (Wildman–Crippen LogP) is 1.43. The summed E-state index contributed by atoms with van der Waals surface area (Å²) in [5.74, 6) is -0.409. The fourth-order valence-corrected chi connectivity index (χ4v) is 1.35. The molecule has 0 atom stereocenters. The van der Waals surface area contributed by atoms with E-state index >= 15 is 0 Å². The lowest BCUT2D eigenvalue weighted by Gasteiger charge is -1.95. The van der Waals surface area contributed by atoms with Gasteiger partial charge in [0, 0.05) is 11.9 Å². The van der Waals surface area contributed by atoms with Crippen LogP contribution < -0.4 is 0 Å². The van der Waals surface area contributed by atoms with Crippen molar-refractivity contribution in [1.82, 2.24) is 9.38 Å². The Kier molecular flexibility index (Phi) is 1.96. The van der Waals surface area contributed by atoms with Gasteiger partial charge < -0.3 is 9.14 Å². The summed E-state index contributed by atoms with van der Waals surface area (Å²) in [6, 6.07) is 5.70. The minimum Gasteiger partial charge on any atom is -0.464 e. The van der Waals surface area contributed by atoms with E-state index in [0.717, 1.165) is 11.3 Å². The SMILES string of the molecule is COC(=O)c1cn2c(C)cccc2n1. The van der Waals surface area contributed by atoms with Gasteiger partial charge in [-0.3, -0.25) is 0 Å². The maximum absolute atomic E-state index is 11.2. The maximum Gasteiger partial charge on any atom is 0.358 e. The largest absolute Gasteiger partial charge is 0.464 e. The number of imidazole rings is 1. The van der Waals surface area contributed by atoms with E-state index in [1.54, 1.807) is 6.20 Å². The second-order valence-corrected chi connectivity index (χ2v) is 3.01. The molecule has 72 valence electrons. The number of methoxy groups -OCH3 is 1. The monoisotopic (exact) mass is 190 g/mol. The van der Waals surface area contributed by atoms with Crippen LogP contribution in [-0.2, 0) is 4.74 Å². The first kappa shape index (κ1) is 8.74. The highest BCUT2D eigenvalue weighted by molar-refractivity contribution is 5.87. The lowest BCUT2D eigenvalue weighted by atomic mass is 10.4. The molecular weight excluding hydrogens is 180 g/mol. The molecule has 0 aliphatic rings. The average molecular weight is 190 g/mol. The highest BCUT2D eigenvalue weighted by atomic mass is 16.5. The molecule has 0 bridgehead atoms. The van der Waals surface area contributed by atoms with Crippen molar-refractivity contribution in [2.45, 2.75) is 6.92 Å². The van der Waals surface area contributed by atoms with Crippen molar-refractivity contribution in [1.29, 1.82) is 0 Å². The average Bonchev–Trinajstić information content (AvgIpc) is 2.62. The topological polar surface area (TPSA) is 43.6 Å². The molecule has 0 unspecified atom stereocenters. The summed E-state index contributed by atoms with van der Waals surface area (Å²) in [6.45, 7) is 1.95. The molecule has 2 heterocycles. The number of hydrogen-bond donors (Lipinski definition) is 0. The fourth-order valence-electron chi connectivity index (χ4n) is 1.35. The first-order valence-corrected chi connectivity index (χ1v) is 4.25. The van der Waals surface area contributed by atoms with E-state index in [1.165, 1.54) is 7.11 Å². The van der Waals surface area contributed by atoms with Gasteiger partial charge in [-0.2, -0.15) is 0 Å². The van der Waals surface area contributed by atoms with E-state index in [0.29, 0.717) is 5.69 Å². The Morgan fingerprint density at radius 1 is 1.50 bits per heavy atom. The van der Waals surface area contributed by atoms with Crippen molar-refractivity contribution in [3.8, 4) is 0 Å². The number of hydrogen-bond acceptors (Lipinski definition) is 3. The van der Waals surface area contributed by atoms with Crippen LogP contribution in [0.2, 0.25) is 0 Å². The molecule has 14 heavy (non-hydrogen) atoms. The minimum absolute atomic E-state index is 0.335. The second-order valence-electron chi connectivity index (χ2n) is 3.01. The third-order valence-electron chi connectivity index (χ3n) is 2.09. The molecule has 0 amide bonds. The van der Waals surface area contributed by atoms with Gasteiger partial charge >= 0.3 is 5.97 Å². The van der Waals surface area contributed by atoms with Crippen LogP contribution in [0.4, 0.5) is 0 Å². The first-order valence-electron chi connectivity index (χ1n) is 4.25. The Hall–Kier alpha value is -1.84. The van der Waals surface area contributed by atoms with E-state index in [9.17, 15) is 4.79 Å². The summed E-state index contributed by atoms with van der Waals surface area (Å²) in [7, 11) is 1.35. The van der Waals surface area contributed by atoms with Crippen molar-refractivity contribution in [3.63, 3.8) is 0 Å². The molecule has 0 fully saturated rings. The molecule has 2 aromatic heterocycles. The van der Waals surface area contributed by atoms with Crippen LogP contribution in [0.15, 0.2) is 24.4 Å². The molecule has 4 heteroatoms. The first-order chi connectivity index (χ1) is 6.72. The molecule has 2 aromatic rings. The summed E-state index contributed by atoms with van der Waals surface area (Å²) >= 11 is 0. The third kappa shape index (κ3) is 1.25. The van der Waals surface area contributed by atoms with Crippen LogP contribution in [0.5, 0.6) is 0 Å². The number of fused-ring (bicyclic) bond motifs is 1. The normalized spacial score (nSPS) is 10.4. The Morgan fingerprint density at radius 2 is 2.29 bits per heavy atom. The van der Waals surface area contributed by atoms with E-state index < -0.39 is 5.97 Å². The van der Waals surface area contributed by atoms with Gasteiger partial charge in [-0.25, -0.2) is 9.78 Å². The van der Waals surface area contributed by atoms with E-state index in [4.69, 9.17) is 0 Å². The Morgan fingerprint density at radius 3 is 2.93 bits per heavy atom. The summed E-state index contributed by atoms with van der Waals surface area (Å²) in [6.07, 6.45) is 1.68. The number of pyridine rings is 1. The van der Waals surface area contributed by atoms with Gasteiger partial charge in [0.15, 0.2) is 5.69 Å². The fraction of sp³-hybridized carbons (Fsp3) is 0.200. The zero-order valence-electron chi connectivity index (χ0n) is 8.02. The number of nitrogens with zero attached hydrogens (tertiary/aromatic N) is 2. The number of ether oxygens (including phenoxy) is 1. The van der Waals surface area contributed by atoms with Gasteiger partial charge in [-0.15, -0.1) is 0 Å². The van der Waals surface area contributed by atoms with Gasteiger partial charge in [-0.05, 0) is 19.1 Å². The number of aryl methyl sites for hydroxylation is 1. The predicted molar refractivity (Wildman–Crippen MR) is 51.3 cm³/mol. The van der Waals surface area contributed by atoms with Crippen LogP contribution in [0, 0.1) is 6.92 Å². The lowest BCUT2D eigenvalue weighted by Crippen LogP contribution is -2.00. The van der Waals surface area contributed by atoms with Crippen molar-refractivity contribution >= 4 is 11.6 Å². The van der Waals surface area contributed by atoms with Gasteiger partial charge in [-0.1, -0.05) is 6.07 Å². The van der Waals surface area contributed by atoms with Gasteiger partial charge in [0.2, 0.25) is 0 Å². The number of rotatable bonds is 1. The quantitative estimate of drug-likeness (QED) is 0.639. The van der Waals surface area contributed by atoms with Crippen LogP contribution in [-0.4, -0.2) is 22.5 Å². The van der Waals surface area contributed by atoms with E-state index in [1.807, 2.05) is 29.5 Å². The molecule has 0 saturated heterocycles. The van der Waals surface area contributed by atoms with Crippen molar-refractivity contribution in [2.24, 2.45) is 0 Å². The standard InChI is InChI=1S/C10H10N2O2/c1-7-4-3-5-9-11-8(6-12(7)9)10(13)14-2/h3-6H,1-2H3. The Bertz CT molecular complexity index is 488. The number of carbonyl (C=O) groups is 1. The zero-order chi connectivity index (χ0) is 10.1. The summed E-state index contributed by atoms with van der Waals surface area (Å²) in [5, 5.41) is 0.